The van der Waals surface area contributed by atoms with E-state index in [4.69, 9.17) is 0 Å². The van der Waals surface area contributed by atoms with Gasteiger partial charge in [0.05, 0.1) is 12.1 Å². The van der Waals surface area contributed by atoms with Crippen LogP contribution in [0.25, 0.3) is 10.9 Å². The van der Waals surface area contributed by atoms with Crippen LogP contribution < -0.4 is 5.32 Å². The third kappa shape index (κ3) is 4.27. The molecule has 1 aromatic heterocycles. The van der Waals surface area contributed by atoms with Gasteiger partial charge in [0, 0.05) is 30.7 Å². The standard InChI is InChI=1S/C21H32N4O/c1-5-19-16(3)18-12-15(2)11-17(21(18)23-19)13-22-20(26)14-25-8-6-7-24(4)9-10-25/h11-12,23H,5-10,13-14H2,1-4H3,(H,22,26). The number of rotatable bonds is 5. The van der Waals surface area contributed by atoms with Gasteiger partial charge in [-0.15, -0.1) is 0 Å². The Morgan fingerprint density at radius 3 is 2.77 bits per heavy atom. The zero-order valence-corrected chi connectivity index (χ0v) is 16.6. The number of hydrogen-bond donors (Lipinski definition) is 2. The number of aryl methyl sites for hydroxylation is 3. The van der Waals surface area contributed by atoms with Gasteiger partial charge in [-0.05, 0) is 64.0 Å². The molecule has 2 aromatic rings. The third-order valence-electron chi connectivity index (χ3n) is 5.51. The van der Waals surface area contributed by atoms with Gasteiger partial charge in [-0.25, -0.2) is 0 Å². The summed E-state index contributed by atoms with van der Waals surface area (Å²) < 4.78 is 0. The highest BCUT2D eigenvalue weighted by Gasteiger charge is 2.16. The first-order valence-corrected chi connectivity index (χ1v) is 9.76. The zero-order valence-electron chi connectivity index (χ0n) is 16.6. The Kier molecular flexibility index (Phi) is 5.99. The minimum Gasteiger partial charge on any atom is -0.358 e. The van der Waals surface area contributed by atoms with E-state index in [1.165, 1.54) is 33.3 Å². The number of hydrogen-bond acceptors (Lipinski definition) is 3. The molecule has 1 saturated heterocycles. The maximum Gasteiger partial charge on any atom is 0.234 e. The number of nitrogens with zero attached hydrogens (tertiary/aromatic N) is 2. The fraction of sp³-hybridized carbons (Fsp3) is 0.571. The van der Waals surface area contributed by atoms with E-state index < -0.39 is 0 Å². The van der Waals surface area contributed by atoms with Crippen molar-refractivity contribution in [3.8, 4) is 0 Å². The topological polar surface area (TPSA) is 51.4 Å². The third-order valence-corrected chi connectivity index (χ3v) is 5.51. The molecule has 5 heteroatoms. The van der Waals surface area contributed by atoms with Crippen molar-refractivity contribution in [1.29, 1.82) is 0 Å². The molecule has 2 N–H and O–H groups in total. The maximum atomic E-state index is 12.5. The molecule has 0 atom stereocenters. The Bertz CT molecular complexity index is 780. The molecule has 5 nitrogen and oxygen atoms in total. The van der Waals surface area contributed by atoms with Crippen molar-refractivity contribution >= 4 is 16.8 Å². The van der Waals surface area contributed by atoms with Crippen LogP contribution in [0.3, 0.4) is 0 Å². The Morgan fingerprint density at radius 1 is 1.19 bits per heavy atom. The SMILES string of the molecule is CCc1[nH]c2c(CNC(=O)CN3CCCN(C)CC3)cc(C)cc2c1C. The van der Waals surface area contributed by atoms with Crippen molar-refractivity contribution in [2.24, 2.45) is 0 Å². The second kappa shape index (κ2) is 8.23. The Morgan fingerprint density at radius 2 is 2.00 bits per heavy atom. The lowest BCUT2D eigenvalue weighted by Crippen LogP contribution is -2.38. The number of carbonyl (C=O) groups is 1. The summed E-state index contributed by atoms with van der Waals surface area (Å²) in [4.78, 5) is 20.6. The van der Waals surface area contributed by atoms with Gasteiger partial charge in [0.15, 0.2) is 0 Å². The van der Waals surface area contributed by atoms with Crippen LogP contribution in [0.2, 0.25) is 0 Å². The van der Waals surface area contributed by atoms with Gasteiger partial charge < -0.3 is 15.2 Å². The monoisotopic (exact) mass is 356 g/mol. The van der Waals surface area contributed by atoms with E-state index in [9.17, 15) is 4.79 Å². The lowest BCUT2D eigenvalue weighted by Gasteiger charge is -2.19. The number of fused-ring (bicyclic) bond motifs is 1. The molecule has 0 bridgehead atoms. The van der Waals surface area contributed by atoms with Crippen molar-refractivity contribution < 1.29 is 4.79 Å². The second-order valence-corrected chi connectivity index (χ2v) is 7.64. The van der Waals surface area contributed by atoms with Crippen LogP contribution in [0.4, 0.5) is 0 Å². The molecule has 2 heterocycles. The number of benzene rings is 1. The number of aromatic nitrogens is 1. The molecule has 0 spiro atoms. The first kappa shape index (κ1) is 18.9. The van der Waals surface area contributed by atoms with Gasteiger partial charge in [-0.2, -0.15) is 0 Å². The highest BCUT2D eigenvalue weighted by molar-refractivity contribution is 5.88. The highest BCUT2D eigenvalue weighted by Crippen LogP contribution is 2.26. The van der Waals surface area contributed by atoms with Gasteiger partial charge in [-0.3, -0.25) is 9.69 Å². The highest BCUT2D eigenvalue weighted by atomic mass is 16.2. The van der Waals surface area contributed by atoms with Crippen LogP contribution in [0.5, 0.6) is 0 Å². The van der Waals surface area contributed by atoms with Crippen LogP contribution in [0.15, 0.2) is 12.1 Å². The summed E-state index contributed by atoms with van der Waals surface area (Å²) in [5, 5.41) is 4.41. The summed E-state index contributed by atoms with van der Waals surface area (Å²) >= 11 is 0. The summed E-state index contributed by atoms with van der Waals surface area (Å²) in [6.07, 6.45) is 2.12. The normalized spacial score (nSPS) is 16.8. The van der Waals surface area contributed by atoms with Crippen molar-refractivity contribution in [2.45, 2.75) is 40.2 Å². The first-order chi connectivity index (χ1) is 12.5. The van der Waals surface area contributed by atoms with Crippen molar-refractivity contribution in [2.75, 3.05) is 39.8 Å². The van der Waals surface area contributed by atoms with E-state index in [2.05, 4.69) is 60.1 Å². The number of nitrogens with one attached hydrogen (secondary N) is 2. The Balaban J connectivity index is 1.66. The molecule has 0 unspecified atom stereocenters. The Hall–Kier alpha value is -1.85. The van der Waals surface area contributed by atoms with Crippen molar-refractivity contribution in [1.82, 2.24) is 20.1 Å². The fourth-order valence-electron chi connectivity index (χ4n) is 3.92. The lowest BCUT2D eigenvalue weighted by atomic mass is 10.0. The van der Waals surface area contributed by atoms with E-state index in [1.54, 1.807) is 0 Å². The predicted molar refractivity (Wildman–Crippen MR) is 108 cm³/mol. The number of H-pyrrole nitrogens is 1. The molecule has 1 aliphatic heterocycles. The fourth-order valence-corrected chi connectivity index (χ4v) is 3.92. The van der Waals surface area contributed by atoms with Crippen molar-refractivity contribution in [3.63, 3.8) is 0 Å². The quantitative estimate of drug-likeness (QED) is 0.866. The summed E-state index contributed by atoms with van der Waals surface area (Å²) in [7, 11) is 2.15. The number of amides is 1. The molecular formula is C21H32N4O. The van der Waals surface area contributed by atoms with E-state index in [-0.39, 0.29) is 5.91 Å². The number of likely N-dealkylation sites (N-methyl/N-ethyl adjacent to an activating group) is 1. The van der Waals surface area contributed by atoms with Gasteiger partial charge >= 0.3 is 0 Å². The smallest absolute Gasteiger partial charge is 0.234 e. The summed E-state index contributed by atoms with van der Waals surface area (Å²) in [5.74, 6) is 0.114. The summed E-state index contributed by atoms with van der Waals surface area (Å²) in [6.45, 7) is 11.7. The zero-order chi connectivity index (χ0) is 18.7. The van der Waals surface area contributed by atoms with E-state index in [0.29, 0.717) is 13.1 Å². The van der Waals surface area contributed by atoms with Gasteiger partial charge in [0.25, 0.3) is 0 Å². The van der Waals surface area contributed by atoms with Crippen LogP contribution >= 0.6 is 0 Å². The number of aromatic amines is 1. The van der Waals surface area contributed by atoms with Crippen LogP contribution in [-0.4, -0.2) is 60.5 Å². The van der Waals surface area contributed by atoms with Gasteiger partial charge in [-0.1, -0.05) is 18.6 Å². The molecule has 0 saturated carbocycles. The maximum absolute atomic E-state index is 12.5. The average molecular weight is 357 g/mol. The summed E-state index contributed by atoms with van der Waals surface area (Å²) in [6, 6.07) is 4.41. The average Bonchev–Trinajstić information content (AvgIpc) is 2.79. The lowest BCUT2D eigenvalue weighted by molar-refractivity contribution is -0.122. The van der Waals surface area contributed by atoms with E-state index in [1.807, 2.05) is 0 Å². The second-order valence-electron chi connectivity index (χ2n) is 7.64. The van der Waals surface area contributed by atoms with E-state index >= 15 is 0 Å². The van der Waals surface area contributed by atoms with Gasteiger partial charge in [0.2, 0.25) is 5.91 Å². The van der Waals surface area contributed by atoms with Crippen LogP contribution in [0, 0.1) is 13.8 Å². The molecule has 1 aromatic carbocycles. The van der Waals surface area contributed by atoms with Crippen LogP contribution in [0.1, 0.15) is 35.7 Å². The van der Waals surface area contributed by atoms with E-state index in [0.717, 1.165) is 39.0 Å². The van der Waals surface area contributed by atoms with Crippen LogP contribution in [-0.2, 0) is 17.8 Å². The molecule has 0 radical (unpaired) electrons. The molecule has 1 aliphatic rings. The molecule has 3 rings (SSSR count). The summed E-state index contributed by atoms with van der Waals surface area (Å²) in [5.41, 5.74) is 6.19. The predicted octanol–water partition coefficient (Wildman–Crippen LogP) is 2.60. The molecule has 142 valence electrons. The van der Waals surface area contributed by atoms with Gasteiger partial charge in [0.1, 0.15) is 0 Å². The molecule has 1 amide bonds. The molecular weight excluding hydrogens is 324 g/mol. The first-order valence-electron chi connectivity index (χ1n) is 9.76. The largest absolute Gasteiger partial charge is 0.358 e. The minimum absolute atomic E-state index is 0.114. The minimum atomic E-state index is 0.114. The Labute approximate surface area is 156 Å². The number of carbonyl (C=O) groups excluding carboxylic acids is 1. The molecule has 0 aliphatic carbocycles. The molecule has 26 heavy (non-hydrogen) atoms. The van der Waals surface area contributed by atoms with Crippen molar-refractivity contribution in [3.05, 3.63) is 34.5 Å². The molecule has 1 fully saturated rings.